The highest BCUT2D eigenvalue weighted by Gasteiger charge is 2.24. The Hall–Kier alpha value is -0.740. The number of aliphatic hydroxyl groups excluding tert-OH is 1. The fraction of sp³-hybridized carbons (Fsp3) is 0.538. The summed E-state index contributed by atoms with van der Waals surface area (Å²) >= 11 is 1.92. The Labute approximate surface area is 106 Å². The van der Waals surface area contributed by atoms with Crippen molar-refractivity contribution in [3.05, 3.63) is 29.6 Å². The zero-order valence-corrected chi connectivity index (χ0v) is 10.8. The largest absolute Gasteiger partial charge is 0.394 e. The molecule has 0 spiro atoms. The molecule has 1 heterocycles. The lowest BCUT2D eigenvalue weighted by Crippen LogP contribution is -2.32. The molecule has 1 aromatic rings. The number of benzene rings is 1. The number of hydrogen-bond acceptors (Lipinski definition) is 3. The first-order valence-corrected chi connectivity index (χ1v) is 7.07. The third-order valence-electron chi connectivity index (χ3n) is 3.12. The predicted molar refractivity (Wildman–Crippen MR) is 71.1 cm³/mol. The maximum Gasteiger partial charge on any atom is 0.125 e. The van der Waals surface area contributed by atoms with Crippen LogP contribution >= 0.6 is 11.8 Å². The van der Waals surface area contributed by atoms with E-state index in [0.717, 1.165) is 29.2 Å². The van der Waals surface area contributed by atoms with E-state index in [1.165, 1.54) is 12.1 Å². The van der Waals surface area contributed by atoms with Gasteiger partial charge in [-0.2, -0.15) is 11.8 Å². The Morgan fingerprint density at radius 2 is 2.35 bits per heavy atom. The van der Waals surface area contributed by atoms with Crippen LogP contribution in [-0.4, -0.2) is 29.3 Å². The van der Waals surface area contributed by atoms with Crippen LogP contribution in [0.2, 0.25) is 0 Å². The third-order valence-corrected chi connectivity index (χ3v) is 4.31. The maximum atomic E-state index is 13.3. The Morgan fingerprint density at radius 3 is 2.94 bits per heavy atom. The number of aryl methyl sites for hydroxylation is 1. The molecule has 0 amide bonds. The lowest BCUT2D eigenvalue weighted by atomic mass is 9.99. The van der Waals surface area contributed by atoms with Gasteiger partial charge in [-0.1, -0.05) is 0 Å². The number of halogens is 1. The molecule has 17 heavy (non-hydrogen) atoms. The molecule has 1 aromatic carbocycles. The molecular formula is C13H18FNOS. The van der Waals surface area contributed by atoms with Gasteiger partial charge >= 0.3 is 0 Å². The third kappa shape index (κ3) is 3.36. The summed E-state index contributed by atoms with van der Waals surface area (Å²) in [4.78, 5) is 0. The Morgan fingerprint density at radius 1 is 1.53 bits per heavy atom. The molecule has 2 rings (SSSR count). The number of hydrogen-bond donors (Lipinski definition) is 2. The summed E-state index contributed by atoms with van der Waals surface area (Å²) < 4.78 is 13.3. The summed E-state index contributed by atoms with van der Waals surface area (Å²) in [6, 6.07) is 4.93. The summed E-state index contributed by atoms with van der Waals surface area (Å²) in [5.41, 5.74) is 1.66. The predicted octanol–water partition coefficient (Wildman–Crippen LogP) is 2.66. The van der Waals surface area contributed by atoms with Crippen LogP contribution in [0.5, 0.6) is 0 Å². The van der Waals surface area contributed by atoms with Crippen molar-refractivity contribution in [2.75, 3.05) is 23.4 Å². The first-order valence-electron chi connectivity index (χ1n) is 5.91. The number of anilines is 1. The Kier molecular flexibility index (Phi) is 4.29. The van der Waals surface area contributed by atoms with Crippen LogP contribution in [-0.2, 0) is 0 Å². The highest BCUT2D eigenvalue weighted by atomic mass is 32.2. The number of nitrogens with one attached hydrogen (secondary N) is 1. The Balaban J connectivity index is 2.06. The average Bonchev–Trinajstić information content (AvgIpc) is 2.77. The quantitative estimate of drug-likeness (QED) is 0.867. The van der Waals surface area contributed by atoms with Crippen molar-refractivity contribution < 1.29 is 9.50 Å². The zero-order chi connectivity index (χ0) is 12.3. The van der Waals surface area contributed by atoms with Crippen LogP contribution in [0.15, 0.2) is 18.2 Å². The van der Waals surface area contributed by atoms with E-state index in [9.17, 15) is 9.50 Å². The van der Waals surface area contributed by atoms with Crippen molar-refractivity contribution in [3.63, 3.8) is 0 Å². The summed E-state index contributed by atoms with van der Waals surface area (Å²) in [5, 5.41) is 12.7. The average molecular weight is 255 g/mol. The molecule has 0 aromatic heterocycles. The van der Waals surface area contributed by atoms with Crippen molar-refractivity contribution in [3.8, 4) is 0 Å². The van der Waals surface area contributed by atoms with Crippen molar-refractivity contribution in [2.24, 2.45) is 5.92 Å². The molecule has 94 valence electrons. The topological polar surface area (TPSA) is 32.3 Å². The van der Waals surface area contributed by atoms with Crippen LogP contribution in [0.4, 0.5) is 10.1 Å². The fourth-order valence-corrected chi connectivity index (χ4v) is 3.55. The molecule has 0 aliphatic carbocycles. The van der Waals surface area contributed by atoms with Gasteiger partial charge in [-0.15, -0.1) is 0 Å². The van der Waals surface area contributed by atoms with E-state index < -0.39 is 0 Å². The second-order valence-corrected chi connectivity index (χ2v) is 5.72. The van der Waals surface area contributed by atoms with Crippen molar-refractivity contribution in [2.45, 2.75) is 19.4 Å². The van der Waals surface area contributed by atoms with Gasteiger partial charge in [0, 0.05) is 5.69 Å². The number of rotatable bonds is 4. The molecule has 1 fully saturated rings. The van der Waals surface area contributed by atoms with Gasteiger partial charge in [0.1, 0.15) is 5.82 Å². The van der Waals surface area contributed by atoms with Gasteiger partial charge < -0.3 is 10.4 Å². The Bertz CT molecular complexity index is 359. The van der Waals surface area contributed by atoms with Crippen LogP contribution in [0, 0.1) is 18.7 Å². The van der Waals surface area contributed by atoms with Gasteiger partial charge in [-0.05, 0) is 54.5 Å². The molecule has 1 aliphatic rings. The first kappa shape index (κ1) is 12.7. The lowest BCUT2D eigenvalue weighted by molar-refractivity contribution is 0.245. The minimum Gasteiger partial charge on any atom is -0.394 e. The highest BCUT2D eigenvalue weighted by molar-refractivity contribution is 7.99. The van der Waals surface area contributed by atoms with E-state index >= 15 is 0 Å². The van der Waals surface area contributed by atoms with E-state index in [4.69, 9.17) is 0 Å². The van der Waals surface area contributed by atoms with E-state index in [-0.39, 0.29) is 18.5 Å². The maximum absolute atomic E-state index is 13.3. The second kappa shape index (κ2) is 5.74. The smallest absolute Gasteiger partial charge is 0.125 e. The van der Waals surface area contributed by atoms with E-state index in [1.54, 1.807) is 0 Å². The standard InChI is InChI=1S/C13H18FNOS/c1-9-4-11(14)6-12(5-9)15-13(7-16)10-2-3-17-8-10/h4-6,10,13,15-16H,2-3,7-8H2,1H3. The molecular weight excluding hydrogens is 237 g/mol. The number of aliphatic hydroxyl groups is 1. The van der Waals surface area contributed by atoms with Gasteiger partial charge in [0.25, 0.3) is 0 Å². The van der Waals surface area contributed by atoms with Crippen molar-refractivity contribution in [1.82, 2.24) is 0 Å². The zero-order valence-electron chi connectivity index (χ0n) is 9.95. The minimum atomic E-state index is -0.231. The van der Waals surface area contributed by atoms with Crippen LogP contribution in [0.3, 0.4) is 0 Å². The SMILES string of the molecule is Cc1cc(F)cc(NC(CO)C2CCSC2)c1. The molecule has 2 N–H and O–H groups in total. The molecule has 2 nitrogen and oxygen atoms in total. The van der Waals surface area contributed by atoms with E-state index in [2.05, 4.69) is 5.32 Å². The molecule has 0 bridgehead atoms. The normalized spacial score (nSPS) is 21.5. The van der Waals surface area contributed by atoms with Crippen molar-refractivity contribution in [1.29, 1.82) is 0 Å². The van der Waals surface area contributed by atoms with Gasteiger partial charge in [0.05, 0.1) is 12.6 Å². The lowest BCUT2D eigenvalue weighted by Gasteiger charge is -2.23. The van der Waals surface area contributed by atoms with Crippen LogP contribution < -0.4 is 5.32 Å². The highest BCUT2D eigenvalue weighted by Crippen LogP contribution is 2.28. The summed E-state index contributed by atoms with van der Waals surface area (Å²) in [7, 11) is 0. The van der Waals surface area contributed by atoms with Crippen LogP contribution in [0.25, 0.3) is 0 Å². The molecule has 4 heteroatoms. The molecule has 0 radical (unpaired) electrons. The van der Waals surface area contributed by atoms with E-state index in [0.29, 0.717) is 5.92 Å². The molecule has 2 atom stereocenters. The minimum absolute atomic E-state index is 0.0335. The van der Waals surface area contributed by atoms with E-state index in [1.807, 2.05) is 24.8 Å². The first-order chi connectivity index (χ1) is 8.19. The van der Waals surface area contributed by atoms with Gasteiger partial charge in [-0.25, -0.2) is 4.39 Å². The van der Waals surface area contributed by atoms with Gasteiger partial charge in [0.15, 0.2) is 0 Å². The fourth-order valence-electron chi connectivity index (χ4n) is 2.22. The summed E-state index contributed by atoms with van der Waals surface area (Å²) in [6.07, 6.45) is 1.12. The second-order valence-electron chi connectivity index (χ2n) is 4.57. The molecule has 2 unspecified atom stereocenters. The van der Waals surface area contributed by atoms with Crippen molar-refractivity contribution >= 4 is 17.4 Å². The number of thioether (sulfide) groups is 1. The molecule has 1 saturated heterocycles. The molecule has 0 saturated carbocycles. The van der Waals surface area contributed by atoms with Crippen LogP contribution in [0.1, 0.15) is 12.0 Å². The summed E-state index contributed by atoms with van der Waals surface area (Å²) in [6.45, 7) is 1.97. The van der Waals surface area contributed by atoms with Gasteiger partial charge in [-0.3, -0.25) is 0 Å². The molecule has 1 aliphatic heterocycles. The monoisotopic (exact) mass is 255 g/mol. The van der Waals surface area contributed by atoms with Gasteiger partial charge in [0.2, 0.25) is 0 Å². The summed E-state index contributed by atoms with van der Waals surface area (Å²) in [5.74, 6) is 2.48.